The summed E-state index contributed by atoms with van der Waals surface area (Å²) in [5.74, 6) is -0.537. The minimum Gasteiger partial charge on any atom is -1.00 e. The molecule has 1 aliphatic rings. The molecule has 0 aromatic carbocycles. The van der Waals surface area contributed by atoms with E-state index in [2.05, 4.69) is 38.8 Å². The van der Waals surface area contributed by atoms with Crippen LogP contribution in [0.4, 0.5) is 0 Å². The Balaban J connectivity index is 0.00000338. The molecule has 0 bridgehead atoms. The van der Waals surface area contributed by atoms with Crippen LogP contribution in [-0.4, -0.2) is 31.1 Å². The average Bonchev–Trinajstić information content (AvgIpc) is 2.87. The number of unbranched alkanes of at least 4 members (excludes halogenated alkanes) is 1. The smallest absolute Gasteiger partial charge is 0.320 e. The van der Waals surface area contributed by atoms with Crippen LogP contribution in [0.2, 0.25) is 0 Å². The summed E-state index contributed by atoms with van der Waals surface area (Å²) in [5, 5.41) is 0. The second-order valence-corrected chi connectivity index (χ2v) is 8.19. The van der Waals surface area contributed by atoms with Gasteiger partial charge in [-0.05, 0) is 50.8 Å². The number of carbonyl (C=O) groups is 2. The summed E-state index contributed by atoms with van der Waals surface area (Å²) in [5.41, 5.74) is -1.07. The SMILES string of the molecule is CCCCOCC1CC(CC)(C(=O)C[n+]2cc(Br)cc(Br)c2)C(=O)O1.[Br-]. The van der Waals surface area contributed by atoms with Crippen molar-refractivity contribution in [3.05, 3.63) is 27.4 Å². The lowest BCUT2D eigenvalue weighted by Gasteiger charge is -2.19. The van der Waals surface area contributed by atoms with E-state index in [4.69, 9.17) is 9.47 Å². The van der Waals surface area contributed by atoms with Crippen LogP contribution in [0.15, 0.2) is 27.4 Å². The third-order valence-electron chi connectivity index (χ3n) is 4.50. The monoisotopic (exact) mass is 555 g/mol. The number of hydrogen-bond donors (Lipinski definition) is 0. The van der Waals surface area contributed by atoms with Crippen LogP contribution in [0.25, 0.3) is 0 Å². The molecule has 5 nitrogen and oxygen atoms in total. The van der Waals surface area contributed by atoms with E-state index in [1.54, 1.807) is 4.57 Å². The number of nitrogens with zero attached hydrogens (tertiary/aromatic N) is 1. The van der Waals surface area contributed by atoms with Gasteiger partial charge in [0.15, 0.2) is 12.4 Å². The van der Waals surface area contributed by atoms with E-state index >= 15 is 0 Å². The molecule has 2 heterocycles. The maximum Gasteiger partial charge on any atom is 0.320 e. The Bertz CT molecular complexity index is 621. The van der Waals surface area contributed by atoms with Crippen molar-refractivity contribution >= 4 is 43.6 Å². The van der Waals surface area contributed by atoms with E-state index in [0.29, 0.717) is 26.1 Å². The second kappa shape index (κ2) is 10.9. The summed E-state index contributed by atoms with van der Waals surface area (Å²) in [6.07, 6.45) is 6.16. The number of rotatable bonds is 9. The van der Waals surface area contributed by atoms with E-state index in [1.807, 2.05) is 25.4 Å². The quantitative estimate of drug-likeness (QED) is 0.193. The largest absolute Gasteiger partial charge is 1.00 e. The molecule has 1 fully saturated rings. The van der Waals surface area contributed by atoms with Gasteiger partial charge in [0.25, 0.3) is 0 Å². The summed E-state index contributed by atoms with van der Waals surface area (Å²) in [7, 11) is 0. The van der Waals surface area contributed by atoms with Crippen molar-refractivity contribution in [1.82, 2.24) is 0 Å². The molecule has 0 saturated carbocycles. The number of esters is 1. The van der Waals surface area contributed by atoms with Crippen LogP contribution in [0.3, 0.4) is 0 Å². The Kier molecular flexibility index (Phi) is 9.93. The molecule has 2 rings (SSSR count). The third kappa shape index (κ3) is 5.84. The first-order valence-corrected chi connectivity index (χ1v) is 10.2. The normalized spacial score (nSPS) is 22.0. The first-order valence-electron chi connectivity index (χ1n) is 8.58. The number of carbonyl (C=O) groups excluding carboxylic acids is 2. The van der Waals surface area contributed by atoms with E-state index in [-0.39, 0.29) is 35.4 Å². The van der Waals surface area contributed by atoms with Gasteiger partial charge in [-0.3, -0.25) is 9.59 Å². The number of ketones is 1. The number of pyridine rings is 1. The van der Waals surface area contributed by atoms with Crippen molar-refractivity contribution in [2.75, 3.05) is 13.2 Å². The van der Waals surface area contributed by atoms with Crippen molar-refractivity contribution in [2.24, 2.45) is 5.41 Å². The highest BCUT2D eigenvalue weighted by molar-refractivity contribution is 9.11. The zero-order chi connectivity index (χ0) is 18.4. The molecule has 0 spiro atoms. The molecule has 2 unspecified atom stereocenters. The van der Waals surface area contributed by atoms with Gasteiger partial charge in [-0.1, -0.05) is 20.3 Å². The highest BCUT2D eigenvalue weighted by Crippen LogP contribution is 2.38. The predicted octanol–water partition coefficient (Wildman–Crippen LogP) is 0.601. The van der Waals surface area contributed by atoms with Crippen molar-refractivity contribution in [1.29, 1.82) is 0 Å². The van der Waals surface area contributed by atoms with E-state index < -0.39 is 11.4 Å². The highest BCUT2D eigenvalue weighted by Gasteiger charge is 2.54. The minimum atomic E-state index is -1.07. The summed E-state index contributed by atoms with van der Waals surface area (Å²) < 4.78 is 14.5. The van der Waals surface area contributed by atoms with Crippen LogP contribution >= 0.6 is 31.9 Å². The van der Waals surface area contributed by atoms with E-state index in [0.717, 1.165) is 21.8 Å². The first kappa shape index (κ1) is 23.7. The summed E-state index contributed by atoms with van der Waals surface area (Å²) in [4.78, 5) is 25.4. The fourth-order valence-electron chi connectivity index (χ4n) is 3.01. The lowest BCUT2D eigenvalue weighted by Crippen LogP contribution is -3.00. The van der Waals surface area contributed by atoms with Gasteiger partial charge in [0.2, 0.25) is 12.3 Å². The fraction of sp³-hybridized carbons (Fsp3) is 0.611. The van der Waals surface area contributed by atoms with Gasteiger partial charge in [0, 0.05) is 13.0 Å². The molecule has 1 saturated heterocycles. The molecule has 146 valence electrons. The van der Waals surface area contributed by atoms with Gasteiger partial charge in [0.1, 0.15) is 11.5 Å². The molecule has 0 aliphatic carbocycles. The van der Waals surface area contributed by atoms with E-state index in [1.165, 1.54) is 0 Å². The Morgan fingerprint density at radius 2 is 2.00 bits per heavy atom. The van der Waals surface area contributed by atoms with E-state index in [9.17, 15) is 9.59 Å². The highest BCUT2D eigenvalue weighted by atomic mass is 79.9. The second-order valence-electron chi connectivity index (χ2n) is 6.36. The minimum absolute atomic E-state index is 0. The Morgan fingerprint density at radius 1 is 1.35 bits per heavy atom. The Hall–Kier alpha value is -0.310. The standard InChI is InChI=1S/C18H24Br2NO4.BrH/c1-3-5-6-24-12-15-8-18(4-2,17(23)25-15)16(22)11-21-9-13(19)7-14(20)10-21;/h7,9-10,15H,3-6,8,11-12H2,1-2H3;1H/q+1;/p-1. The molecule has 0 radical (unpaired) electrons. The number of cyclic esters (lactones) is 1. The number of aromatic nitrogens is 1. The van der Waals surface area contributed by atoms with Gasteiger partial charge in [-0.15, -0.1) is 0 Å². The number of hydrogen-bond acceptors (Lipinski definition) is 4. The van der Waals surface area contributed by atoms with Gasteiger partial charge in [-0.25, -0.2) is 0 Å². The van der Waals surface area contributed by atoms with Crippen LogP contribution in [0, 0.1) is 5.41 Å². The molecule has 1 aliphatic heterocycles. The predicted molar refractivity (Wildman–Crippen MR) is 100.0 cm³/mol. The van der Waals surface area contributed by atoms with Crippen LogP contribution < -0.4 is 21.5 Å². The van der Waals surface area contributed by atoms with Gasteiger partial charge < -0.3 is 26.5 Å². The Morgan fingerprint density at radius 3 is 2.58 bits per heavy atom. The molecule has 1 aromatic heterocycles. The van der Waals surface area contributed by atoms with Crippen LogP contribution in [-0.2, 0) is 25.6 Å². The molecular weight excluding hydrogens is 534 g/mol. The lowest BCUT2D eigenvalue weighted by atomic mass is 9.78. The van der Waals surface area contributed by atoms with Gasteiger partial charge in [0.05, 0.1) is 15.6 Å². The fourth-order valence-corrected chi connectivity index (χ4v) is 4.34. The lowest BCUT2D eigenvalue weighted by molar-refractivity contribution is -0.685. The summed E-state index contributed by atoms with van der Waals surface area (Å²) >= 11 is 6.82. The molecule has 0 amide bonds. The Labute approximate surface area is 181 Å². The van der Waals surface area contributed by atoms with Crippen molar-refractivity contribution in [2.45, 2.75) is 52.2 Å². The molecule has 1 aromatic rings. The number of ether oxygens (including phenoxy) is 2. The van der Waals surface area contributed by atoms with Crippen molar-refractivity contribution in [3.63, 3.8) is 0 Å². The maximum atomic E-state index is 12.9. The van der Waals surface area contributed by atoms with Gasteiger partial charge >= 0.3 is 5.97 Å². The molecule has 8 heteroatoms. The topological polar surface area (TPSA) is 56.5 Å². The zero-order valence-electron chi connectivity index (χ0n) is 15.0. The van der Waals surface area contributed by atoms with Gasteiger partial charge in [-0.2, -0.15) is 4.57 Å². The van der Waals surface area contributed by atoms with Crippen LogP contribution in [0.1, 0.15) is 39.5 Å². The number of Topliss-reactive ketones (excluding diaryl/α,β-unsaturated/α-hetero) is 1. The summed E-state index contributed by atoms with van der Waals surface area (Å²) in [6, 6.07) is 1.89. The van der Waals surface area contributed by atoms with Crippen molar-refractivity contribution < 1.29 is 40.6 Å². The molecule has 2 atom stereocenters. The molecule has 0 N–H and O–H groups in total. The molecule has 26 heavy (non-hydrogen) atoms. The van der Waals surface area contributed by atoms with Crippen LogP contribution in [0.5, 0.6) is 0 Å². The first-order chi connectivity index (χ1) is 11.9. The average molecular weight is 558 g/mol. The van der Waals surface area contributed by atoms with Crippen molar-refractivity contribution in [3.8, 4) is 0 Å². The molecular formula is C18H24Br3NO4. The zero-order valence-corrected chi connectivity index (χ0v) is 19.7. The third-order valence-corrected chi connectivity index (χ3v) is 5.37. The number of halogens is 3. The maximum absolute atomic E-state index is 12.9. The summed E-state index contributed by atoms with van der Waals surface area (Å²) in [6.45, 7) is 5.10.